The normalized spacial score (nSPS) is 12.0. The third-order valence-electron chi connectivity index (χ3n) is 5.00. The first-order valence-electron chi connectivity index (χ1n) is 9.57. The lowest BCUT2D eigenvalue weighted by atomic mass is 10.1. The van der Waals surface area contributed by atoms with E-state index in [9.17, 15) is 4.79 Å². The maximum absolute atomic E-state index is 12.7. The molecule has 1 atom stereocenters. The van der Waals surface area contributed by atoms with Gasteiger partial charge in [0.05, 0.1) is 6.26 Å². The highest BCUT2D eigenvalue weighted by molar-refractivity contribution is 6.32. The summed E-state index contributed by atoms with van der Waals surface area (Å²) >= 11 is 6.19. The second kappa shape index (κ2) is 9.18. The number of hydrogen-bond acceptors (Lipinski definition) is 4. The Morgan fingerprint density at radius 2 is 2.03 bits per heavy atom. The molecule has 0 saturated heterocycles. The number of amides is 1. The first-order valence-corrected chi connectivity index (χ1v) is 9.95. The highest BCUT2D eigenvalue weighted by Crippen LogP contribution is 2.26. The van der Waals surface area contributed by atoms with Gasteiger partial charge in [0.25, 0.3) is 5.91 Å². The summed E-state index contributed by atoms with van der Waals surface area (Å²) in [6.07, 6.45) is 5.00. The van der Waals surface area contributed by atoms with Crippen LogP contribution in [0.2, 0.25) is 5.02 Å². The van der Waals surface area contributed by atoms with Crippen LogP contribution in [0.3, 0.4) is 0 Å². The van der Waals surface area contributed by atoms with Crippen molar-refractivity contribution in [3.05, 3.63) is 70.4 Å². The summed E-state index contributed by atoms with van der Waals surface area (Å²) in [5.74, 6) is 1.53. The second-order valence-electron chi connectivity index (χ2n) is 7.27. The van der Waals surface area contributed by atoms with Gasteiger partial charge in [-0.1, -0.05) is 11.6 Å². The van der Waals surface area contributed by atoms with Gasteiger partial charge in [-0.2, -0.15) is 5.10 Å². The van der Waals surface area contributed by atoms with Crippen LogP contribution in [0.1, 0.15) is 40.7 Å². The summed E-state index contributed by atoms with van der Waals surface area (Å²) in [6, 6.07) is 9.36. The second-order valence-corrected chi connectivity index (χ2v) is 7.65. The van der Waals surface area contributed by atoms with Crippen molar-refractivity contribution in [1.82, 2.24) is 14.7 Å². The molecule has 154 valence electrons. The molecule has 3 rings (SSSR count). The number of carbonyl (C=O) groups excluding carboxylic acids is 1. The molecule has 0 fully saturated rings. The minimum absolute atomic E-state index is 0.0639. The van der Waals surface area contributed by atoms with Gasteiger partial charge < -0.3 is 14.1 Å². The molecule has 0 aliphatic carbocycles. The smallest absolute Gasteiger partial charge is 0.274 e. The highest BCUT2D eigenvalue weighted by atomic mass is 35.5. The molecule has 0 saturated carbocycles. The number of benzene rings is 1. The number of carbonyl (C=O) groups is 1. The number of nitrogens with zero attached hydrogens (tertiary/aromatic N) is 3. The lowest BCUT2D eigenvalue weighted by molar-refractivity contribution is 0.0728. The maximum Gasteiger partial charge on any atom is 0.274 e. The van der Waals surface area contributed by atoms with Crippen molar-refractivity contribution in [2.75, 3.05) is 7.05 Å². The molecule has 29 heavy (non-hydrogen) atoms. The summed E-state index contributed by atoms with van der Waals surface area (Å²) in [5.41, 5.74) is 2.32. The van der Waals surface area contributed by atoms with E-state index in [1.54, 1.807) is 35.2 Å². The van der Waals surface area contributed by atoms with Crippen LogP contribution in [0.4, 0.5) is 0 Å². The molecule has 0 aliphatic rings. The molecule has 6 nitrogen and oxygen atoms in total. The predicted octanol–water partition coefficient (Wildman–Crippen LogP) is 4.88. The summed E-state index contributed by atoms with van der Waals surface area (Å²) in [7, 11) is 1.80. The molecule has 7 heteroatoms. The quantitative estimate of drug-likeness (QED) is 0.526. The van der Waals surface area contributed by atoms with Crippen LogP contribution in [-0.2, 0) is 13.2 Å². The summed E-state index contributed by atoms with van der Waals surface area (Å²) in [4.78, 5) is 14.4. The van der Waals surface area contributed by atoms with Gasteiger partial charge in [-0.25, -0.2) is 4.68 Å². The van der Waals surface area contributed by atoms with Crippen molar-refractivity contribution in [1.29, 1.82) is 0 Å². The Labute approximate surface area is 176 Å². The van der Waals surface area contributed by atoms with Gasteiger partial charge in [-0.3, -0.25) is 4.79 Å². The Kier molecular flexibility index (Phi) is 6.64. The highest BCUT2D eigenvalue weighted by Gasteiger charge is 2.20. The number of ether oxygens (including phenoxy) is 1. The van der Waals surface area contributed by atoms with Gasteiger partial charge in [0, 0.05) is 30.7 Å². The zero-order valence-corrected chi connectivity index (χ0v) is 17.9. The van der Waals surface area contributed by atoms with E-state index in [2.05, 4.69) is 5.10 Å². The fourth-order valence-corrected chi connectivity index (χ4v) is 3.17. The summed E-state index contributed by atoms with van der Waals surface area (Å²) in [5, 5.41) is 5.10. The first kappa shape index (κ1) is 21.0. The van der Waals surface area contributed by atoms with Crippen LogP contribution in [-0.4, -0.2) is 33.7 Å². The topological polar surface area (TPSA) is 60.5 Å². The van der Waals surface area contributed by atoms with Crippen LogP contribution >= 0.6 is 11.6 Å². The van der Waals surface area contributed by atoms with Gasteiger partial charge in [0.2, 0.25) is 0 Å². The number of rotatable bonds is 8. The lowest BCUT2D eigenvalue weighted by Gasteiger charge is -2.23. The Balaban J connectivity index is 1.56. The van der Waals surface area contributed by atoms with E-state index in [1.807, 2.05) is 45.0 Å². The summed E-state index contributed by atoms with van der Waals surface area (Å²) < 4.78 is 12.8. The zero-order chi connectivity index (χ0) is 21.0. The van der Waals surface area contributed by atoms with E-state index in [1.165, 1.54) is 0 Å². The minimum Gasteiger partial charge on any atom is -0.471 e. The molecule has 0 aliphatic heterocycles. The predicted molar refractivity (Wildman–Crippen MR) is 112 cm³/mol. The van der Waals surface area contributed by atoms with Crippen LogP contribution in [0, 0.1) is 13.8 Å². The van der Waals surface area contributed by atoms with E-state index in [-0.39, 0.29) is 18.7 Å². The Hall–Kier alpha value is -2.73. The maximum atomic E-state index is 12.7. The average Bonchev–Trinajstić information content (AvgIpc) is 3.39. The number of halogens is 1. The van der Waals surface area contributed by atoms with E-state index >= 15 is 0 Å². The molecule has 0 radical (unpaired) electrons. The minimum atomic E-state index is -0.117. The molecule has 0 bridgehead atoms. The van der Waals surface area contributed by atoms with Crippen LogP contribution in [0.5, 0.6) is 5.75 Å². The van der Waals surface area contributed by atoms with Crippen molar-refractivity contribution in [2.45, 2.75) is 46.4 Å². The van der Waals surface area contributed by atoms with Crippen molar-refractivity contribution >= 4 is 17.5 Å². The van der Waals surface area contributed by atoms with Gasteiger partial charge in [-0.05, 0) is 68.7 Å². The third kappa shape index (κ3) is 5.21. The van der Waals surface area contributed by atoms with E-state index in [0.717, 1.165) is 40.5 Å². The molecule has 1 amide bonds. The molecule has 0 N–H and O–H groups in total. The van der Waals surface area contributed by atoms with E-state index < -0.39 is 0 Å². The van der Waals surface area contributed by atoms with Crippen LogP contribution in [0.15, 0.2) is 47.2 Å². The van der Waals surface area contributed by atoms with Crippen molar-refractivity contribution in [2.24, 2.45) is 0 Å². The SMILES string of the molecule is Cc1cc(OCn2ccc(C(=O)N(C)C(C)CCc3ccco3)n2)cc(C)c1Cl. The fraction of sp³-hybridized carbons (Fsp3) is 0.364. The van der Waals surface area contributed by atoms with Gasteiger partial charge in [0.15, 0.2) is 12.4 Å². The van der Waals surface area contributed by atoms with Crippen LogP contribution < -0.4 is 4.74 Å². The molecular formula is C22H26ClN3O3. The van der Waals surface area contributed by atoms with Gasteiger partial charge in [0.1, 0.15) is 11.5 Å². The number of aryl methyl sites for hydroxylation is 3. The Morgan fingerprint density at radius 3 is 2.69 bits per heavy atom. The van der Waals surface area contributed by atoms with Gasteiger partial charge >= 0.3 is 0 Å². The van der Waals surface area contributed by atoms with Crippen molar-refractivity contribution in [3.63, 3.8) is 0 Å². The molecular weight excluding hydrogens is 390 g/mol. The molecule has 1 unspecified atom stereocenters. The monoisotopic (exact) mass is 415 g/mol. The number of hydrogen-bond donors (Lipinski definition) is 0. The Bertz CT molecular complexity index is 943. The van der Waals surface area contributed by atoms with E-state index in [0.29, 0.717) is 5.69 Å². The number of aromatic nitrogens is 2. The summed E-state index contributed by atoms with van der Waals surface area (Å²) in [6.45, 7) is 6.11. The van der Waals surface area contributed by atoms with Gasteiger partial charge in [-0.15, -0.1) is 0 Å². The lowest BCUT2D eigenvalue weighted by Crippen LogP contribution is -2.35. The van der Waals surface area contributed by atoms with E-state index in [4.69, 9.17) is 20.8 Å². The Morgan fingerprint density at radius 1 is 1.31 bits per heavy atom. The molecule has 1 aromatic carbocycles. The molecule has 3 aromatic rings. The fourth-order valence-electron chi connectivity index (χ4n) is 3.06. The molecule has 2 aromatic heterocycles. The standard InChI is InChI=1S/C22H26ClN3O3/c1-15-12-19(13-16(2)21(15)23)29-14-26-10-9-20(24-26)22(27)25(4)17(3)7-8-18-6-5-11-28-18/h5-6,9-13,17H,7-8,14H2,1-4H3. The number of furan rings is 1. The largest absolute Gasteiger partial charge is 0.471 e. The zero-order valence-electron chi connectivity index (χ0n) is 17.2. The molecule has 2 heterocycles. The molecule has 0 spiro atoms. The average molecular weight is 416 g/mol. The third-order valence-corrected chi connectivity index (χ3v) is 5.60. The van der Waals surface area contributed by atoms with Crippen LogP contribution in [0.25, 0.3) is 0 Å². The van der Waals surface area contributed by atoms with Crippen molar-refractivity contribution < 1.29 is 13.9 Å². The van der Waals surface area contributed by atoms with Crippen molar-refractivity contribution in [3.8, 4) is 5.75 Å². The first-order chi connectivity index (χ1) is 13.8.